The smallest absolute Gasteiger partial charge is 0.430 e. The molecule has 0 saturated carbocycles. The molecule has 0 aliphatic rings. The minimum absolute atomic E-state index is 0. The average molecular weight is 111 g/mol. The third-order valence-corrected chi connectivity index (χ3v) is 0. The van der Waals surface area contributed by atoms with E-state index in [0.717, 1.165) is 0 Å². The zero-order valence-corrected chi connectivity index (χ0v) is 5.28. The van der Waals surface area contributed by atoms with Gasteiger partial charge in [-0.25, -0.2) is 0 Å². The molecular weight excluding hydrogens is 108 g/mol. The van der Waals surface area contributed by atoms with E-state index < -0.39 is 7.69 Å². The van der Waals surface area contributed by atoms with Gasteiger partial charge < -0.3 is 10.0 Å². The van der Waals surface area contributed by atoms with Crippen molar-refractivity contribution in [3.05, 3.63) is 0 Å². The Morgan fingerprint density at radius 1 is 1.25 bits per heavy atom. The maximum atomic E-state index is 7.12. The molecule has 0 aromatic carbocycles. The zero-order valence-electron chi connectivity index (χ0n) is 2.31. The van der Waals surface area contributed by atoms with Gasteiger partial charge in [-0.05, 0) is 0 Å². The van der Waals surface area contributed by atoms with E-state index in [1.54, 1.807) is 0 Å². The molecule has 4 heavy (non-hydrogen) atoms. The van der Waals surface area contributed by atoms with Crippen LogP contribution in [0.3, 0.4) is 0 Å². The first-order chi connectivity index (χ1) is 1.41. The molecule has 2 N–H and O–H groups in total. The van der Waals surface area contributed by atoms with Crippen LogP contribution in [0.25, 0.3) is 0 Å². The predicted molar refractivity (Wildman–Crippen MR) is 11.6 cm³/mol. The molecule has 0 aliphatic carbocycles. The first-order valence-electron chi connectivity index (χ1n) is 0.632. The molecule has 2 nitrogen and oxygen atoms in total. The van der Waals surface area contributed by atoms with Gasteiger partial charge in [-0.3, -0.25) is 0 Å². The molecule has 4 heteroatoms. The van der Waals surface area contributed by atoms with Crippen molar-refractivity contribution in [3.8, 4) is 0 Å². The van der Waals surface area contributed by atoms with Crippen LogP contribution in [0.5, 0.6) is 0 Å². The van der Waals surface area contributed by atoms with E-state index in [4.69, 9.17) is 10.0 Å². The maximum Gasteiger partial charge on any atom is 0.432 e. The third-order valence-electron chi connectivity index (χ3n) is 0. The summed E-state index contributed by atoms with van der Waals surface area (Å²) in [5.74, 6) is 0. The summed E-state index contributed by atoms with van der Waals surface area (Å²) in [6.45, 7) is 0. The second-order valence-electron chi connectivity index (χ2n) is 0.141. The van der Waals surface area contributed by atoms with Crippen LogP contribution >= 0.6 is 0 Å². The number of hydrogen-bond donors (Lipinski definition) is 2. The molecule has 20 valence electrons. The fourth-order valence-electron chi connectivity index (χ4n) is 0. The van der Waals surface area contributed by atoms with Crippen molar-refractivity contribution in [2.75, 3.05) is 0 Å². The Labute approximate surface area is 37.9 Å². The fraction of sp³-hybridized carbons (Fsp3) is 0. The average Bonchev–Trinajstić information content (AvgIpc) is 0.918. The van der Waals surface area contributed by atoms with Crippen LogP contribution in [0, 0.1) is 0 Å². The van der Waals surface area contributed by atoms with Gasteiger partial charge in [-0.1, -0.05) is 0 Å². The molecule has 0 fully saturated rings. The molecule has 0 aromatic heterocycles. The Bertz CT molecular complexity index is 6.00. The summed E-state index contributed by atoms with van der Waals surface area (Å²) in [5, 5.41) is 14.2. The van der Waals surface area contributed by atoms with Crippen LogP contribution < -0.4 is 0 Å². The molecule has 0 atom stereocenters. The standard InChI is InChI=1S/BH3O2.Zn/c2-1-3;/h1-3H;. The molecular formula is H3BO2Zn. The maximum absolute atomic E-state index is 7.12. The zero-order chi connectivity index (χ0) is 2.71. The van der Waals surface area contributed by atoms with Crippen molar-refractivity contribution in [2.45, 2.75) is 0 Å². The van der Waals surface area contributed by atoms with Crippen LogP contribution in [-0.4, -0.2) is 17.7 Å². The van der Waals surface area contributed by atoms with E-state index in [0.29, 0.717) is 0 Å². The summed E-state index contributed by atoms with van der Waals surface area (Å²) in [4.78, 5) is 0. The summed E-state index contributed by atoms with van der Waals surface area (Å²) in [7, 11) is -0.750. The molecule has 0 aromatic rings. The van der Waals surface area contributed by atoms with Gasteiger partial charge in [-0.15, -0.1) is 0 Å². The normalized spacial score (nSPS) is 3.50. The predicted octanol–water partition coefficient (Wildman–Crippen LogP) is -1.77. The summed E-state index contributed by atoms with van der Waals surface area (Å²) in [6.07, 6.45) is 0. The first-order valence-corrected chi connectivity index (χ1v) is 0.632. The van der Waals surface area contributed by atoms with Gasteiger partial charge in [0, 0.05) is 19.5 Å². The van der Waals surface area contributed by atoms with Gasteiger partial charge in [0.1, 0.15) is 0 Å². The molecule has 0 bridgehead atoms. The summed E-state index contributed by atoms with van der Waals surface area (Å²) >= 11 is 0. The van der Waals surface area contributed by atoms with Crippen LogP contribution in [-0.2, 0) is 19.5 Å². The van der Waals surface area contributed by atoms with Crippen molar-refractivity contribution < 1.29 is 29.5 Å². The Kier molecular flexibility index (Phi) is 20.9. The molecule has 0 heterocycles. The molecule has 0 unspecified atom stereocenters. The Morgan fingerprint density at radius 2 is 1.25 bits per heavy atom. The van der Waals surface area contributed by atoms with E-state index in [9.17, 15) is 0 Å². The minimum Gasteiger partial charge on any atom is -0.430 e. The largest absolute Gasteiger partial charge is 0.432 e. The Hall–Kier alpha value is 0.608. The quantitative estimate of drug-likeness (QED) is 0.363. The molecule has 0 amide bonds. The molecule has 0 rings (SSSR count). The van der Waals surface area contributed by atoms with Crippen molar-refractivity contribution >= 4 is 7.69 Å². The second-order valence-corrected chi connectivity index (χ2v) is 0.141. The first kappa shape index (κ1) is 8.82. The molecule has 0 spiro atoms. The fourth-order valence-corrected chi connectivity index (χ4v) is 0. The van der Waals surface area contributed by atoms with Crippen LogP contribution in [0.1, 0.15) is 0 Å². The van der Waals surface area contributed by atoms with Crippen molar-refractivity contribution in [1.29, 1.82) is 0 Å². The molecule has 0 radical (unpaired) electrons. The van der Waals surface area contributed by atoms with Gasteiger partial charge >= 0.3 is 7.69 Å². The van der Waals surface area contributed by atoms with Gasteiger partial charge in [-0.2, -0.15) is 0 Å². The SMILES string of the molecule is OBO.[Zn]. The number of hydrogen-bond acceptors (Lipinski definition) is 2. The Morgan fingerprint density at radius 3 is 1.25 bits per heavy atom. The minimum atomic E-state index is -0.750. The molecule has 0 saturated heterocycles. The van der Waals surface area contributed by atoms with E-state index in [2.05, 4.69) is 0 Å². The van der Waals surface area contributed by atoms with E-state index in [-0.39, 0.29) is 19.5 Å². The van der Waals surface area contributed by atoms with Crippen molar-refractivity contribution in [1.82, 2.24) is 0 Å². The monoisotopic (exact) mass is 110 g/mol. The summed E-state index contributed by atoms with van der Waals surface area (Å²) < 4.78 is 0. The van der Waals surface area contributed by atoms with Crippen molar-refractivity contribution in [2.24, 2.45) is 0 Å². The van der Waals surface area contributed by atoms with Crippen LogP contribution in [0.2, 0.25) is 0 Å². The Balaban J connectivity index is 0. The van der Waals surface area contributed by atoms with Gasteiger partial charge in [0.25, 0.3) is 0 Å². The van der Waals surface area contributed by atoms with Crippen LogP contribution in [0.4, 0.5) is 0 Å². The van der Waals surface area contributed by atoms with E-state index in [1.807, 2.05) is 0 Å². The van der Waals surface area contributed by atoms with E-state index >= 15 is 0 Å². The summed E-state index contributed by atoms with van der Waals surface area (Å²) in [5.41, 5.74) is 0. The van der Waals surface area contributed by atoms with Gasteiger partial charge in [0.05, 0.1) is 0 Å². The number of rotatable bonds is 0. The summed E-state index contributed by atoms with van der Waals surface area (Å²) in [6, 6.07) is 0. The van der Waals surface area contributed by atoms with Crippen LogP contribution in [0.15, 0.2) is 0 Å². The van der Waals surface area contributed by atoms with Gasteiger partial charge in [0.15, 0.2) is 0 Å². The van der Waals surface area contributed by atoms with Gasteiger partial charge in [0.2, 0.25) is 0 Å². The third kappa shape index (κ3) is 18.2. The second kappa shape index (κ2) is 9.49. The van der Waals surface area contributed by atoms with E-state index in [1.165, 1.54) is 0 Å². The van der Waals surface area contributed by atoms with Crippen molar-refractivity contribution in [3.63, 3.8) is 0 Å². The molecule has 0 aliphatic heterocycles. The topological polar surface area (TPSA) is 40.5 Å².